The fourth-order valence-electron chi connectivity index (χ4n) is 5.09. The van der Waals surface area contributed by atoms with Gasteiger partial charge >= 0.3 is 0 Å². The maximum atomic E-state index is 13.8. The van der Waals surface area contributed by atoms with Gasteiger partial charge in [0.2, 0.25) is 21.8 Å². The highest BCUT2D eigenvalue weighted by Gasteiger charge is 2.54. The number of anilines is 1. The van der Waals surface area contributed by atoms with E-state index < -0.39 is 15.6 Å². The first-order chi connectivity index (χ1) is 17.3. The summed E-state index contributed by atoms with van der Waals surface area (Å²) in [5.74, 6) is -0.187. The summed E-state index contributed by atoms with van der Waals surface area (Å²) in [6, 6.07) is 19.0. The van der Waals surface area contributed by atoms with Crippen molar-refractivity contribution in [1.29, 1.82) is 0 Å². The molecule has 8 nitrogen and oxygen atoms in total. The Bertz CT molecular complexity index is 1190. The van der Waals surface area contributed by atoms with Gasteiger partial charge < -0.3 is 14.7 Å². The molecule has 192 valence electrons. The number of hydrogen-bond acceptors (Lipinski definition) is 5. The van der Waals surface area contributed by atoms with Crippen LogP contribution in [-0.2, 0) is 19.6 Å². The van der Waals surface area contributed by atoms with Crippen molar-refractivity contribution in [3.8, 4) is 0 Å². The van der Waals surface area contributed by atoms with Gasteiger partial charge in [0.15, 0.2) is 0 Å². The SMILES string of the molecule is CCN(CC)C(=O)CN1CN(c2ccccc2)C2(CCN(S(=O)(=O)C=Cc3ccccc3)CC2)C1=O. The molecule has 0 atom stereocenters. The third-order valence-electron chi connectivity index (χ3n) is 7.17. The van der Waals surface area contributed by atoms with Gasteiger partial charge in [0.05, 0.1) is 6.67 Å². The molecule has 2 aliphatic rings. The number of amides is 2. The smallest absolute Gasteiger partial charge is 0.250 e. The molecule has 1 spiro atoms. The number of likely N-dealkylation sites (N-methyl/N-ethyl adjacent to an activating group) is 1. The summed E-state index contributed by atoms with van der Waals surface area (Å²) < 4.78 is 27.5. The predicted molar refractivity (Wildman–Crippen MR) is 141 cm³/mol. The summed E-state index contributed by atoms with van der Waals surface area (Å²) in [7, 11) is -3.63. The molecule has 0 aliphatic carbocycles. The van der Waals surface area contributed by atoms with Crippen LogP contribution in [0.2, 0.25) is 0 Å². The predicted octanol–water partition coefficient (Wildman–Crippen LogP) is 3.00. The number of hydrogen-bond donors (Lipinski definition) is 0. The van der Waals surface area contributed by atoms with Crippen molar-refractivity contribution in [2.24, 2.45) is 0 Å². The van der Waals surface area contributed by atoms with Crippen LogP contribution < -0.4 is 4.90 Å². The molecule has 2 heterocycles. The third kappa shape index (κ3) is 5.17. The molecule has 2 fully saturated rings. The largest absolute Gasteiger partial charge is 0.342 e. The lowest BCUT2D eigenvalue weighted by Gasteiger charge is -2.42. The van der Waals surface area contributed by atoms with E-state index in [0.29, 0.717) is 32.6 Å². The van der Waals surface area contributed by atoms with Gasteiger partial charge in [-0.3, -0.25) is 9.59 Å². The van der Waals surface area contributed by atoms with Crippen LogP contribution >= 0.6 is 0 Å². The molecule has 2 aromatic carbocycles. The number of sulfonamides is 1. The Morgan fingerprint density at radius 3 is 2.14 bits per heavy atom. The number of carbonyl (C=O) groups excluding carboxylic acids is 2. The van der Waals surface area contributed by atoms with Gasteiger partial charge in [-0.15, -0.1) is 0 Å². The average molecular weight is 511 g/mol. The van der Waals surface area contributed by atoms with Crippen molar-refractivity contribution >= 4 is 33.6 Å². The average Bonchev–Trinajstić information content (AvgIpc) is 3.15. The summed E-state index contributed by atoms with van der Waals surface area (Å²) in [6.07, 6.45) is 2.31. The van der Waals surface area contributed by atoms with Crippen molar-refractivity contribution in [3.05, 3.63) is 71.6 Å². The van der Waals surface area contributed by atoms with Gasteiger partial charge in [-0.2, -0.15) is 4.31 Å². The van der Waals surface area contributed by atoms with Gasteiger partial charge in [0, 0.05) is 37.3 Å². The van der Waals surface area contributed by atoms with Crippen molar-refractivity contribution < 1.29 is 18.0 Å². The molecule has 4 rings (SSSR count). The first kappa shape index (κ1) is 25.9. The monoisotopic (exact) mass is 510 g/mol. The van der Waals surface area contributed by atoms with Gasteiger partial charge in [0.1, 0.15) is 12.1 Å². The summed E-state index contributed by atoms with van der Waals surface area (Å²) in [5, 5.41) is 1.24. The molecule has 36 heavy (non-hydrogen) atoms. The van der Waals surface area contributed by atoms with Crippen molar-refractivity contribution in [1.82, 2.24) is 14.1 Å². The molecule has 2 saturated heterocycles. The number of nitrogens with zero attached hydrogens (tertiary/aromatic N) is 4. The van der Waals surface area contributed by atoms with Crippen LogP contribution in [0.15, 0.2) is 66.1 Å². The van der Waals surface area contributed by atoms with Crippen LogP contribution in [-0.4, -0.2) is 79.3 Å². The molecule has 2 aromatic rings. The highest BCUT2D eigenvalue weighted by molar-refractivity contribution is 7.92. The zero-order valence-corrected chi connectivity index (χ0v) is 21.7. The molecule has 0 N–H and O–H groups in total. The topological polar surface area (TPSA) is 81.2 Å². The number of para-hydroxylation sites is 1. The maximum absolute atomic E-state index is 13.8. The van der Waals surface area contributed by atoms with Crippen LogP contribution in [0.5, 0.6) is 0 Å². The van der Waals surface area contributed by atoms with E-state index in [2.05, 4.69) is 4.90 Å². The maximum Gasteiger partial charge on any atom is 0.250 e. The van der Waals surface area contributed by atoms with Crippen molar-refractivity contribution in [2.45, 2.75) is 32.2 Å². The van der Waals surface area contributed by atoms with Crippen LogP contribution in [0, 0.1) is 0 Å². The highest BCUT2D eigenvalue weighted by Crippen LogP contribution is 2.40. The molecule has 0 saturated carbocycles. The Kier molecular flexibility index (Phi) is 7.80. The lowest BCUT2D eigenvalue weighted by atomic mass is 9.86. The van der Waals surface area contributed by atoms with Crippen LogP contribution in [0.3, 0.4) is 0 Å². The van der Waals surface area contributed by atoms with E-state index in [1.807, 2.05) is 74.5 Å². The second-order valence-corrected chi connectivity index (χ2v) is 11.0. The molecule has 0 aromatic heterocycles. The zero-order chi connectivity index (χ0) is 25.8. The molecular formula is C27H34N4O4S. The quantitative estimate of drug-likeness (QED) is 0.545. The normalized spacial score (nSPS) is 18.3. The molecule has 2 amide bonds. The fraction of sp³-hybridized carbons (Fsp3) is 0.407. The molecular weight excluding hydrogens is 476 g/mol. The fourth-order valence-corrected chi connectivity index (χ4v) is 6.28. The van der Waals surface area contributed by atoms with Gasteiger partial charge in [0.25, 0.3) is 0 Å². The Labute approximate surface area is 213 Å². The Balaban J connectivity index is 1.54. The summed E-state index contributed by atoms with van der Waals surface area (Å²) in [5.41, 5.74) is 0.827. The molecule has 0 radical (unpaired) electrons. The second kappa shape index (κ2) is 10.8. The van der Waals surface area contributed by atoms with Crippen LogP contribution in [0.4, 0.5) is 5.69 Å². The lowest BCUT2D eigenvalue weighted by molar-refractivity contribution is -0.140. The lowest BCUT2D eigenvalue weighted by Crippen LogP contribution is -2.57. The molecule has 0 unspecified atom stereocenters. The van der Waals surface area contributed by atoms with E-state index in [1.54, 1.807) is 15.9 Å². The first-order valence-corrected chi connectivity index (χ1v) is 13.9. The van der Waals surface area contributed by atoms with E-state index in [1.165, 1.54) is 9.71 Å². The zero-order valence-electron chi connectivity index (χ0n) is 20.9. The van der Waals surface area contributed by atoms with E-state index in [-0.39, 0.29) is 31.4 Å². The highest BCUT2D eigenvalue weighted by atomic mass is 32.2. The van der Waals surface area contributed by atoms with E-state index in [4.69, 9.17) is 0 Å². The van der Waals surface area contributed by atoms with E-state index >= 15 is 0 Å². The number of carbonyl (C=O) groups is 2. The summed E-state index contributed by atoms with van der Waals surface area (Å²) >= 11 is 0. The standard InChI is InChI=1S/C27H34N4O4S/c1-3-28(4-2)25(32)21-29-22-31(24-13-9-6-10-14-24)27(26(29)33)16-18-30(19-17-27)36(34,35)20-15-23-11-7-5-8-12-23/h5-15,20H,3-4,16-19,21-22H2,1-2H3. The second-order valence-electron chi connectivity index (χ2n) is 9.16. The third-order valence-corrected chi connectivity index (χ3v) is 8.73. The Morgan fingerprint density at radius 1 is 0.972 bits per heavy atom. The number of benzene rings is 2. The summed E-state index contributed by atoms with van der Waals surface area (Å²) in [6.45, 7) is 5.82. The summed E-state index contributed by atoms with van der Waals surface area (Å²) in [4.78, 5) is 32.0. The molecule has 0 bridgehead atoms. The first-order valence-electron chi connectivity index (χ1n) is 12.4. The van der Waals surface area contributed by atoms with Gasteiger partial charge in [-0.1, -0.05) is 48.5 Å². The minimum atomic E-state index is -3.63. The van der Waals surface area contributed by atoms with Gasteiger partial charge in [-0.05, 0) is 50.5 Å². The Morgan fingerprint density at radius 2 is 1.56 bits per heavy atom. The minimum absolute atomic E-state index is 0.0213. The number of rotatable bonds is 8. The molecule has 9 heteroatoms. The van der Waals surface area contributed by atoms with Crippen molar-refractivity contribution in [3.63, 3.8) is 0 Å². The number of piperidine rings is 1. The van der Waals surface area contributed by atoms with Gasteiger partial charge in [-0.25, -0.2) is 8.42 Å². The Hall–Kier alpha value is -3.17. The van der Waals surface area contributed by atoms with Crippen molar-refractivity contribution in [2.75, 3.05) is 44.3 Å². The van der Waals surface area contributed by atoms with Crippen LogP contribution in [0.1, 0.15) is 32.3 Å². The van der Waals surface area contributed by atoms with E-state index in [9.17, 15) is 18.0 Å². The molecule has 2 aliphatic heterocycles. The minimum Gasteiger partial charge on any atom is -0.342 e. The van der Waals surface area contributed by atoms with E-state index in [0.717, 1.165) is 11.3 Å². The van der Waals surface area contributed by atoms with Crippen LogP contribution in [0.25, 0.3) is 6.08 Å².